The summed E-state index contributed by atoms with van der Waals surface area (Å²) in [6, 6.07) is 1.52. The van der Waals surface area contributed by atoms with Gasteiger partial charge in [-0.25, -0.2) is 9.37 Å². The van der Waals surface area contributed by atoms with Crippen LogP contribution in [0.4, 0.5) is 9.52 Å². The molecular weight excluding hydrogens is 211 g/mol. The minimum atomic E-state index is -0.171. The monoisotopic (exact) mass is 224 g/mol. The summed E-state index contributed by atoms with van der Waals surface area (Å²) < 4.78 is 14.4. The van der Waals surface area contributed by atoms with E-state index in [9.17, 15) is 4.39 Å². The number of aromatic nitrogens is 1. The number of hydrogen-bond donors (Lipinski definition) is 1. The number of anilines is 1. The van der Waals surface area contributed by atoms with Crippen LogP contribution in [0.2, 0.25) is 0 Å². The van der Waals surface area contributed by atoms with E-state index < -0.39 is 0 Å². The molecule has 0 amide bonds. The molecule has 0 aliphatic heterocycles. The lowest BCUT2D eigenvalue weighted by atomic mass is 9.96. The van der Waals surface area contributed by atoms with E-state index >= 15 is 0 Å². The van der Waals surface area contributed by atoms with Gasteiger partial charge in [-0.05, 0) is 30.0 Å². The molecule has 1 aromatic carbocycles. The maximum absolute atomic E-state index is 13.6. The van der Waals surface area contributed by atoms with Gasteiger partial charge < -0.3 is 5.73 Å². The van der Waals surface area contributed by atoms with Crippen LogP contribution in [0.5, 0.6) is 0 Å². The first-order valence-corrected chi connectivity index (χ1v) is 5.67. The molecule has 2 N–H and O–H groups in total. The Morgan fingerprint density at radius 2 is 2.13 bits per heavy atom. The summed E-state index contributed by atoms with van der Waals surface area (Å²) in [5, 5.41) is 0.497. The first-order chi connectivity index (χ1) is 7.00. The van der Waals surface area contributed by atoms with E-state index in [0.717, 1.165) is 15.8 Å². The summed E-state index contributed by atoms with van der Waals surface area (Å²) in [5.41, 5.74) is 8.15. The molecule has 15 heavy (non-hydrogen) atoms. The Hall–Kier alpha value is -1.16. The second-order valence-corrected chi connectivity index (χ2v) is 5.01. The smallest absolute Gasteiger partial charge is 0.181 e. The molecular formula is C11H13FN2S. The summed E-state index contributed by atoms with van der Waals surface area (Å²) in [4.78, 5) is 4.27. The molecule has 1 aromatic heterocycles. The van der Waals surface area contributed by atoms with Gasteiger partial charge in [-0.1, -0.05) is 25.2 Å². The topological polar surface area (TPSA) is 38.9 Å². The molecule has 0 atom stereocenters. The van der Waals surface area contributed by atoms with Gasteiger partial charge >= 0.3 is 0 Å². The number of nitrogens with two attached hydrogens (primary N) is 1. The number of benzene rings is 1. The molecule has 0 saturated heterocycles. The molecule has 0 bridgehead atoms. The van der Waals surface area contributed by atoms with Crippen LogP contribution in [0.3, 0.4) is 0 Å². The lowest BCUT2D eigenvalue weighted by Gasteiger charge is -2.10. The molecule has 4 heteroatoms. The van der Waals surface area contributed by atoms with Gasteiger partial charge in [0.2, 0.25) is 0 Å². The fourth-order valence-electron chi connectivity index (χ4n) is 1.88. The minimum absolute atomic E-state index is 0.171. The predicted octanol–water partition coefficient (Wildman–Crippen LogP) is 3.45. The van der Waals surface area contributed by atoms with Crippen molar-refractivity contribution in [2.45, 2.75) is 26.7 Å². The average Bonchev–Trinajstić information content (AvgIpc) is 2.46. The Bertz CT molecular complexity index is 517. The van der Waals surface area contributed by atoms with Crippen LogP contribution < -0.4 is 5.73 Å². The van der Waals surface area contributed by atoms with Gasteiger partial charge in [-0.3, -0.25) is 0 Å². The second kappa shape index (κ2) is 3.45. The lowest BCUT2D eigenvalue weighted by Crippen LogP contribution is -1.97. The van der Waals surface area contributed by atoms with Crippen LogP contribution in [-0.4, -0.2) is 4.98 Å². The van der Waals surface area contributed by atoms with Gasteiger partial charge in [0, 0.05) is 0 Å². The zero-order valence-electron chi connectivity index (χ0n) is 8.97. The molecule has 0 spiro atoms. The highest BCUT2D eigenvalue weighted by atomic mass is 32.1. The highest BCUT2D eigenvalue weighted by molar-refractivity contribution is 7.22. The minimum Gasteiger partial charge on any atom is -0.375 e. The normalized spacial score (nSPS) is 11.5. The molecule has 0 radical (unpaired) electrons. The zero-order valence-corrected chi connectivity index (χ0v) is 9.78. The Labute approximate surface area is 91.9 Å². The van der Waals surface area contributed by atoms with Gasteiger partial charge in [0.25, 0.3) is 0 Å². The summed E-state index contributed by atoms with van der Waals surface area (Å²) in [5.74, 6) is 0.0829. The van der Waals surface area contributed by atoms with Crippen molar-refractivity contribution in [2.75, 3.05) is 5.73 Å². The molecule has 0 saturated carbocycles. The number of nitrogen functional groups attached to an aromatic ring is 1. The van der Waals surface area contributed by atoms with Crippen LogP contribution in [-0.2, 0) is 0 Å². The fourth-order valence-corrected chi connectivity index (χ4v) is 2.65. The largest absolute Gasteiger partial charge is 0.375 e. The van der Waals surface area contributed by atoms with Gasteiger partial charge in [0.15, 0.2) is 5.13 Å². The number of halogens is 1. The Kier molecular flexibility index (Phi) is 2.38. The van der Waals surface area contributed by atoms with Crippen LogP contribution in [0.15, 0.2) is 6.07 Å². The van der Waals surface area contributed by atoms with Gasteiger partial charge in [-0.15, -0.1) is 0 Å². The number of fused-ring (bicyclic) bond motifs is 1. The molecule has 2 aromatic rings. The Morgan fingerprint density at radius 3 is 2.73 bits per heavy atom. The summed E-state index contributed by atoms with van der Waals surface area (Å²) in [6.07, 6.45) is 0. The fraction of sp³-hybridized carbons (Fsp3) is 0.364. The van der Waals surface area contributed by atoms with E-state index in [1.54, 1.807) is 6.92 Å². The summed E-state index contributed by atoms with van der Waals surface area (Å²) in [7, 11) is 0. The third-order valence-corrected chi connectivity index (χ3v) is 3.35. The molecule has 1 heterocycles. The second-order valence-electron chi connectivity index (χ2n) is 3.95. The van der Waals surface area contributed by atoms with Crippen molar-refractivity contribution in [3.63, 3.8) is 0 Å². The van der Waals surface area contributed by atoms with Crippen molar-refractivity contribution in [1.82, 2.24) is 4.98 Å². The highest BCUT2D eigenvalue weighted by Gasteiger charge is 2.16. The maximum Gasteiger partial charge on any atom is 0.181 e. The molecule has 0 aliphatic rings. The van der Waals surface area contributed by atoms with Crippen LogP contribution >= 0.6 is 11.3 Å². The van der Waals surface area contributed by atoms with Crippen molar-refractivity contribution < 1.29 is 4.39 Å². The molecule has 80 valence electrons. The van der Waals surface area contributed by atoms with E-state index in [4.69, 9.17) is 5.73 Å². The maximum atomic E-state index is 13.6. The average molecular weight is 224 g/mol. The van der Waals surface area contributed by atoms with Gasteiger partial charge in [0.1, 0.15) is 5.82 Å². The van der Waals surface area contributed by atoms with Crippen molar-refractivity contribution in [3.05, 3.63) is 23.0 Å². The first kappa shape index (κ1) is 10.4. The SMILES string of the molecule is Cc1c(F)cc2sc(N)nc2c1C(C)C. The Morgan fingerprint density at radius 1 is 1.47 bits per heavy atom. The van der Waals surface area contributed by atoms with Gasteiger partial charge in [0.05, 0.1) is 10.2 Å². The van der Waals surface area contributed by atoms with Crippen molar-refractivity contribution in [3.8, 4) is 0 Å². The van der Waals surface area contributed by atoms with Crippen molar-refractivity contribution in [2.24, 2.45) is 0 Å². The van der Waals surface area contributed by atoms with Crippen LogP contribution in [0, 0.1) is 12.7 Å². The molecule has 0 fully saturated rings. The van der Waals surface area contributed by atoms with Crippen LogP contribution in [0.25, 0.3) is 10.2 Å². The lowest BCUT2D eigenvalue weighted by molar-refractivity contribution is 0.615. The number of thiazole rings is 1. The quantitative estimate of drug-likeness (QED) is 0.805. The molecule has 0 aliphatic carbocycles. The first-order valence-electron chi connectivity index (χ1n) is 4.85. The van der Waals surface area contributed by atoms with E-state index in [1.807, 2.05) is 13.8 Å². The van der Waals surface area contributed by atoms with E-state index in [0.29, 0.717) is 10.7 Å². The zero-order chi connectivity index (χ0) is 11.2. The number of hydrogen-bond acceptors (Lipinski definition) is 3. The predicted molar refractivity (Wildman–Crippen MR) is 62.8 cm³/mol. The van der Waals surface area contributed by atoms with E-state index in [-0.39, 0.29) is 11.7 Å². The highest BCUT2D eigenvalue weighted by Crippen LogP contribution is 2.34. The third-order valence-electron chi connectivity index (χ3n) is 2.52. The van der Waals surface area contributed by atoms with Crippen LogP contribution in [0.1, 0.15) is 30.9 Å². The van der Waals surface area contributed by atoms with Crippen molar-refractivity contribution >= 4 is 26.7 Å². The van der Waals surface area contributed by atoms with Gasteiger partial charge in [-0.2, -0.15) is 0 Å². The Balaban J connectivity index is 2.88. The molecule has 2 nitrogen and oxygen atoms in total. The molecule has 2 rings (SSSR count). The van der Waals surface area contributed by atoms with E-state index in [2.05, 4.69) is 4.98 Å². The molecule has 0 unspecified atom stereocenters. The van der Waals surface area contributed by atoms with E-state index in [1.165, 1.54) is 17.4 Å². The number of rotatable bonds is 1. The summed E-state index contributed by atoms with van der Waals surface area (Å²) >= 11 is 1.33. The van der Waals surface area contributed by atoms with Crippen molar-refractivity contribution in [1.29, 1.82) is 0 Å². The standard InChI is InChI=1S/C11H13FN2S/c1-5(2)9-6(3)7(12)4-8-10(9)14-11(13)15-8/h4-5H,1-3H3,(H2,13,14). The number of nitrogens with zero attached hydrogens (tertiary/aromatic N) is 1. The summed E-state index contributed by atoms with van der Waals surface area (Å²) in [6.45, 7) is 5.87. The third kappa shape index (κ3) is 1.59.